The van der Waals surface area contributed by atoms with E-state index in [1.54, 1.807) is 6.20 Å². The number of likely N-dealkylation sites (tertiary alicyclic amines) is 1. The molecule has 1 atom stereocenters. The van der Waals surface area contributed by atoms with Gasteiger partial charge in [0.1, 0.15) is 5.82 Å². The summed E-state index contributed by atoms with van der Waals surface area (Å²) in [7, 11) is 2.19. The fourth-order valence-corrected chi connectivity index (χ4v) is 2.25. The van der Waals surface area contributed by atoms with Crippen molar-refractivity contribution in [3.05, 3.63) is 11.8 Å². The van der Waals surface area contributed by atoms with Crippen LogP contribution >= 0.6 is 0 Å². The molecule has 0 saturated carbocycles. The Bertz CT molecular complexity index is 379. The molecule has 1 aliphatic rings. The largest absolute Gasteiger partial charge is 0.368 e. The number of nitrogen functional groups attached to an aromatic ring is 1. The molecule has 0 radical (unpaired) electrons. The van der Waals surface area contributed by atoms with E-state index in [1.807, 2.05) is 6.92 Å². The normalized spacial score (nSPS) is 21.4. The molecule has 1 unspecified atom stereocenters. The zero-order chi connectivity index (χ0) is 12.3. The first kappa shape index (κ1) is 12.1. The molecule has 1 saturated heterocycles. The van der Waals surface area contributed by atoms with E-state index in [1.165, 1.54) is 25.8 Å². The van der Waals surface area contributed by atoms with Gasteiger partial charge in [0.25, 0.3) is 0 Å². The Hall–Kier alpha value is -1.36. The van der Waals surface area contributed by atoms with E-state index in [0.717, 1.165) is 17.9 Å². The van der Waals surface area contributed by atoms with Crippen molar-refractivity contribution in [3.63, 3.8) is 0 Å². The molecule has 0 spiro atoms. The van der Waals surface area contributed by atoms with E-state index < -0.39 is 0 Å². The van der Waals surface area contributed by atoms with Gasteiger partial charge in [-0.1, -0.05) is 6.42 Å². The minimum Gasteiger partial charge on any atom is -0.368 e. The number of aromatic nitrogens is 2. The second-order valence-corrected chi connectivity index (χ2v) is 4.77. The summed E-state index contributed by atoms with van der Waals surface area (Å²) in [5.41, 5.74) is 6.63. The van der Waals surface area contributed by atoms with Gasteiger partial charge in [0.05, 0.1) is 0 Å². The van der Waals surface area contributed by atoms with Gasteiger partial charge in [-0.2, -0.15) is 4.98 Å². The van der Waals surface area contributed by atoms with Crippen LogP contribution in [0.1, 0.15) is 24.8 Å². The molecule has 1 aliphatic heterocycles. The van der Waals surface area contributed by atoms with Gasteiger partial charge in [0, 0.05) is 24.3 Å². The van der Waals surface area contributed by atoms with E-state index in [9.17, 15) is 0 Å². The van der Waals surface area contributed by atoms with Crippen molar-refractivity contribution in [2.24, 2.45) is 0 Å². The Kier molecular flexibility index (Phi) is 3.78. The maximum atomic E-state index is 5.59. The summed E-state index contributed by atoms with van der Waals surface area (Å²) in [6, 6.07) is 0.597. The highest BCUT2D eigenvalue weighted by atomic mass is 15.2. The Morgan fingerprint density at radius 3 is 3.12 bits per heavy atom. The van der Waals surface area contributed by atoms with Crippen LogP contribution in [0.5, 0.6) is 0 Å². The average Bonchev–Trinajstić information content (AvgIpc) is 2.32. The molecule has 1 fully saturated rings. The van der Waals surface area contributed by atoms with Crippen LogP contribution in [0.4, 0.5) is 11.8 Å². The lowest BCUT2D eigenvalue weighted by Gasteiger charge is -2.32. The van der Waals surface area contributed by atoms with Crippen molar-refractivity contribution < 1.29 is 0 Å². The summed E-state index contributed by atoms with van der Waals surface area (Å²) in [4.78, 5) is 10.6. The van der Waals surface area contributed by atoms with Crippen LogP contribution in [0.15, 0.2) is 6.20 Å². The molecular weight excluding hydrogens is 214 g/mol. The van der Waals surface area contributed by atoms with Gasteiger partial charge in [-0.25, -0.2) is 4.98 Å². The van der Waals surface area contributed by atoms with Gasteiger partial charge in [0.2, 0.25) is 5.95 Å². The van der Waals surface area contributed by atoms with Gasteiger partial charge in [0.15, 0.2) is 0 Å². The molecule has 1 aromatic rings. The molecular formula is C12H21N5. The highest BCUT2D eigenvalue weighted by Crippen LogP contribution is 2.17. The van der Waals surface area contributed by atoms with E-state index in [2.05, 4.69) is 27.2 Å². The first-order chi connectivity index (χ1) is 8.16. The van der Waals surface area contributed by atoms with Crippen molar-refractivity contribution in [1.82, 2.24) is 14.9 Å². The summed E-state index contributed by atoms with van der Waals surface area (Å²) < 4.78 is 0. The van der Waals surface area contributed by atoms with Crippen molar-refractivity contribution in [3.8, 4) is 0 Å². The Balaban J connectivity index is 1.94. The maximum absolute atomic E-state index is 5.59. The minimum atomic E-state index is 0.329. The van der Waals surface area contributed by atoms with Crippen LogP contribution in [-0.4, -0.2) is 41.0 Å². The number of nitrogens with one attached hydrogen (secondary N) is 1. The van der Waals surface area contributed by atoms with Gasteiger partial charge < -0.3 is 16.0 Å². The Morgan fingerprint density at radius 1 is 1.53 bits per heavy atom. The van der Waals surface area contributed by atoms with Crippen molar-refractivity contribution in [2.75, 3.05) is 31.2 Å². The third-order valence-electron chi connectivity index (χ3n) is 3.42. The van der Waals surface area contributed by atoms with E-state index >= 15 is 0 Å². The lowest BCUT2D eigenvalue weighted by Crippen LogP contribution is -2.40. The quantitative estimate of drug-likeness (QED) is 0.825. The van der Waals surface area contributed by atoms with E-state index in [0.29, 0.717) is 12.0 Å². The topological polar surface area (TPSA) is 67.1 Å². The second kappa shape index (κ2) is 5.31. The number of hydrogen-bond donors (Lipinski definition) is 2. The van der Waals surface area contributed by atoms with Gasteiger partial charge in [-0.05, 0) is 33.4 Å². The maximum Gasteiger partial charge on any atom is 0.221 e. The molecule has 0 aliphatic carbocycles. The number of piperidine rings is 1. The zero-order valence-electron chi connectivity index (χ0n) is 10.6. The van der Waals surface area contributed by atoms with Crippen LogP contribution in [0, 0.1) is 6.92 Å². The summed E-state index contributed by atoms with van der Waals surface area (Å²) in [6.45, 7) is 4.11. The first-order valence-corrected chi connectivity index (χ1v) is 6.20. The fourth-order valence-electron chi connectivity index (χ4n) is 2.25. The van der Waals surface area contributed by atoms with Crippen LogP contribution in [0.2, 0.25) is 0 Å². The van der Waals surface area contributed by atoms with Gasteiger partial charge in [-0.15, -0.1) is 0 Å². The molecule has 5 nitrogen and oxygen atoms in total. The molecule has 2 heterocycles. The van der Waals surface area contributed by atoms with Crippen LogP contribution in [-0.2, 0) is 0 Å². The van der Waals surface area contributed by atoms with Crippen molar-refractivity contribution in [2.45, 2.75) is 32.2 Å². The molecule has 94 valence electrons. The monoisotopic (exact) mass is 235 g/mol. The smallest absolute Gasteiger partial charge is 0.221 e. The van der Waals surface area contributed by atoms with E-state index in [4.69, 9.17) is 5.73 Å². The molecule has 0 amide bonds. The van der Waals surface area contributed by atoms with E-state index in [-0.39, 0.29) is 0 Å². The van der Waals surface area contributed by atoms with Gasteiger partial charge >= 0.3 is 0 Å². The number of aryl methyl sites for hydroxylation is 1. The number of hydrogen-bond acceptors (Lipinski definition) is 5. The molecule has 0 aromatic carbocycles. The third kappa shape index (κ3) is 3.06. The summed E-state index contributed by atoms with van der Waals surface area (Å²) in [6.07, 6.45) is 5.65. The SMILES string of the molecule is Cc1cnc(N)nc1NCC1CCCCN1C. The van der Waals surface area contributed by atoms with Crippen LogP contribution in [0.25, 0.3) is 0 Å². The summed E-state index contributed by atoms with van der Waals surface area (Å²) in [5.74, 6) is 1.19. The predicted molar refractivity (Wildman–Crippen MR) is 69.9 cm³/mol. The highest BCUT2D eigenvalue weighted by Gasteiger charge is 2.18. The lowest BCUT2D eigenvalue weighted by atomic mass is 10.0. The minimum absolute atomic E-state index is 0.329. The molecule has 2 rings (SSSR count). The molecule has 17 heavy (non-hydrogen) atoms. The average molecular weight is 235 g/mol. The second-order valence-electron chi connectivity index (χ2n) is 4.77. The van der Waals surface area contributed by atoms with Crippen LogP contribution in [0.3, 0.4) is 0 Å². The Morgan fingerprint density at radius 2 is 2.35 bits per heavy atom. The van der Waals surface area contributed by atoms with Crippen LogP contribution < -0.4 is 11.1 Å². The highest BCUT2D eigenvalue weighted by molar-refractivity contribution is 5.45. The van der Waals surface area contributed by atoms with Crippen molar-refractivity contribution >= 4 is 11.8 Å². The molecule has 0 bridgehead atoms. The molecule has 5 heteroatoms. The number of rotatable bonds is 3. The molecule has 3 N–H and O–H groups in total. The first-order valence-electron chi connectivity index (χ1n) is 6.20. The summed E-state index contributed by atoms with van der Waals surface area (Å²) >= 11 is 0. The third-order valence-corrected chi connectivity index (χ3v) is 3.42. The fraction of sp³-hybridized carbons (Fsp3) is 0.667. The van der Waals surface area contributed by atoms with Crippen molar-refractivity contribution in [1.29, 1.82) is 0 Å². The lowest BCUT2D eigenvalue weighted by molar-refractivity contribution is 0.194. The van der Waals surface area contributed by atoms with Gasteiger partial charge in [-0.3, -0.25) is 0 Å². The standard InChI is InChI=1S/C12H21N5/c1-9-7-15-12(13)16-11(9)14-8-10-5-3-4-6-17(10)2/h7,10H,3-6,8H2,1-2H3,(H3,13,14,15,16). The number of nitrogens with two attached hydrogens (primary N) is 1. The molecule has 1 aromatic heterocycles. The number of anilines is 2. The number of likely N-dealkylation sites (N-methyl/N-ethyl adjacent to an activating group) is 1. The zero-order valence-corrected chi connectivity index (χ0v) is 10.6. The summed E-state index contributed by atoms with van der Waals surface area (Å²) in [5, 5.41) is 3.38. The predicted octanol–water partition coefficient (Wildman–Crippen LogP) is 1.26. The number of nitrogens with zero attached hydrogens (tertiary/aromatic N) is 3. The Labute approximate surface area is 102 Å².